The van der Waals surface area contributed by atoms with Crippen LogP contribution < -0.4 is 10.3 Å². The molecule has 9 heteroatoms. The van der Waals surface area contributed by atoms with Crippen LogP contribution in [0.15, 0.2) is 47.7 Å². The highest BCUT2D eigenvalue weighted by molar-refractivity contribution is 6.07. The van der Waals surface area contributed by atoms with Crippen LogP contribution in [0.5, 0.6) is 5.88 Å². The second kappa shape index (κ2) is 8.18. The number of hydrogen-bond acceptors (Lipinski definition) is 4. The normalized spacial score (nSPS) is 16.8. The van der Waals surface area contributed by atoms with E-state index >= 15 is 0 Å². The molecule has 1 aromatic carbocycles. The number of likely N-dealkylation sites (tertiary alicyclic amines) is 1. The number of pyridine rings is 2. The summed E-state index contributed by atoms with van der Waals surface area (Å²) in [5.41, 5.74) is 0.912. The summed E-state index contributed by atoms with van der Waals surface area (Å²) in [6, 6.07) is 6.49. The molecule has 0 unspecified atom stereocenters. The molecule has 4 heterocycles. The molecule has 1 saturated carbocycles. The van der Waals surface area contributed by atoms with Crippen LogP contribution in [-0.4, -0.2) is 51.3 Å². The third-order valence-electron chi connectivity index (χ3n) is 7.01. The predicted octanol–water partition coefficient (Wildman–Crippen LogP) is 4.40. The Hall–Kier alpha value is -3.75. The van der Waals surface area contributed by atoms with Gasteiger partial charge in [-0.15, -0.1) is 0 Å². The lowest BCUT2D eigenvalue weighted by molar-refractivity contribution is 0.0668. The highest BCUT2D eigenvalue weighted by Gasteiger charge is 2.28. The zero-order valence-electron chi connectivity index (χ0n) is 19.2. The maximum absolute atomic E-state index is 14.8. The fourth-order valence-corrected chi connectivity index (χ4v) is 4.98. The molecule has 2 aliphatic rings. The van der Waals surface area contributed by atoms with E-state index in [1.807, 2.05) is 16.8 Å². The Morgan fingerprint density at radius 3 is 2.57 bits per heavy atom. The van der Waals surface area contributed by atoms with E-state index in [0.717, 1.165) is 18.2 Å². The first-order valence-corrected chi connectivity index (χ1v) is 11.8. The first-order chi connectivity index (χ1) is 16.9. The lowest BCUT2D eigenvalue weighted by atomic mass is 10.0. The Labute approximate surface area is 199 Å². The summed E-state index contributed by atoms with van der Waals surface area (Å²) < 4.78 is 37.1. The Kier molecular flexibility index (Phi) is 5.09. The molecule has 7 nitrogen and oxygen atoms in total. The summed E-state index contributed by atoms with van der Waals surface area (Å²) in [6.45, 7) is 0.581. The molecule has 2 fully saturated rings. The summed E-state index contributed by atoms with van der Waals surface area (Å²) in [7, 11) is 1.44. The Balaban J connectivity index is 1.59. The average molecular weight is 478 g/mol. The van der Waals surface area contributed by atoms with Crippen molar-refractivity contribution in [2.24, 2.45) is 0 Å². The molecule has 3 aromatic heterocycles. The van der Waals surface area contributed by atoms with E-state index in [-0.39, 0.29) is 35.6 Å². The van der Waals surface area contributed by atoms with E-state index in [1.165, 1.54) is 42.3 Å². The topological polar surface area (TPSA) is 69.4 Å². The van der Waals surface area contributed by atoms with E-state index in [4.69, 9.17) is 4.74 Å². The summed E-state index contributed by atoms with van der Waals surface area (Å²) in [6.07, 6.45) is 6.51. The third-order valence-corrected chi connectivity index (χ3v) is 7.01. The molecule has 0 atom stereocenters. The minimum atomic E-state index is -0.924. The number of rotatable bonds is 4. The number of piperidine rings is 1. The molecule has 6 rings (SSSR count). The number of carbonyl (C=O) groups excluding carboxylic acids is 1. The largest absolute Gasteiger partial charge is 0.481 e. The van der Waals surface area contributed by atoms with Crippen molar-refractivity contribution < 1.29 is 18.3 Å². The van der Waals surface area contributed by atoms with Crippen LogP contribution in [0.25, 0.3) is 27.4 Å². The monoisotopic (exact) mass is 478 g/mol. The molecule has 1 amide bonds. The number of ether oxygens (including phenoxy) is 1. The van der Waals surface area contributed by atoms with Gasteiger partial charge in [0, 0.05) is 54.6 Å². The van der Waals surface area contributed by atoms with E-state index in [0.29, 0.717) is 35.7 Å². The predicted molar refractivity (Wildman–Crippen MR) is 128 cm³/mol. The first-order valence-electron chi connectivity index (χ1n) is 11.8. The smallest absolute Gasteiger partial charge is 0.263 e. The van der Waals surface area contributed by atoms with Gasteiger partial charge in [-0.3, -0.25) is 14.2 Å². The first kappa shape index (κ1) is 21.8. The van der Waals surface area contributed by atoms with Gasteiger partial charge in [0.05, 0.1) is 29.3 Å². The molecule has 1 aliphatic heterocycles. The van der Waals surface area contributed by atoms with Crippen molar-refractivity contribution in [3.8, 4) is 11.6 Å². The maximum Gasteiger partial charge on any atom is 0.263 e. The number of carbonyl (C=O) groups is 1. The van der Waals surface area contributed by atoms with Crippen LogP contribution in [0.2, 0.25) is 0 Å². The van der Waals surface area contributed by atoms with Gasteiger partial charge in [-0.2, -0.15) is 0 Å². The zero-order valence-corrected chi connectivity index (χ0v) is 19.2. The van der Waals surface area contributed by atoms with Crippen molar-refractivity contribution in [2.45, 2.75) is 37.9 Å². The lowest BCUT2D eigenvalue weighted by Gasteiger charge is -2.29. The Bertz CT molecular complexity index is 1530. The molecule has 4 aromatic rings. The van der Waals surface area contributed by atoms with Crippen molar-refractivity contribution in [3.63, 3.8) is 0 Å². The number of nitrogens with zero attached hydrogens (tertiary/aromatic N) is 4. The van der Waals surface area contributed by atoms with Gasteiger partial charge in [0.2, 0.25) is 5.88 Å². The van der Waals surface area contributed by atoms with Gasteiger partial charge in [-0.1, -0.05) is 0 Å². The van der Waals surface area contributed by atoms with Gasteiger partial charge < -0.3 is 14.2 Å². The number of alkyl halides is 1. The molecule has 0 radical (unpaired) electrons. The SMILES string of the molecule is COc1cc2c(=O)n(-c3cc(F)cc4c3ccn4C3CC3)cc(C(=O)N3CCC(F)CC3)c2cn1. The number of fused-ring (bicyclic) bond motifs is 2. The van der Waals surface area contributed by atoms with Gasteiger partial charge in [0.15, 0.2) is 0 Å². The highest BCUT2D eigenvalue weighted by Crippen LogP contribution is 2.39. The Morgan fingerprint density at radius 1 is 1.09 bits per heavy atom. The number of methoxy groups -OCH3 is 1. The lowest BCUT2D eigenvalue weighted by Crippen LogP contribution is -2.39. The molecule has 0 spiro atoms. The van der Waals surface area contributed by atoms with Crippen LogP contribution in [0.4, 0.5) is 8.78 Å². The zero-order chi connectivity index (χ0) is 24.3. The van der Waals surface area contributed by atoms with Gasteiger partial charge in [0.1, 0.15) is 12.0 Å². The van der Waals surface area contributed by atoms with E-state index < -0.39 is 17.5 Å². The summed E-state index contributed by atoms with van der Waals surface area (Å²) in [4.78, 5) is 33.0. The van der Waals surface area contributed by atoms with Crippen molar-refractivity contribution in [1.29, 1.82) is 0 Å². The molecule has 1 aliphatic carbocycles. The minimum Gasteiger partial charge on any atom is -0.481 e. The summed E-state index contributed by atoms with van der Waals surface area (Å²) in [5.74, 6) is -0.551. The summed E-state index contributed by atoms with van der Waals surface area (Å²) in [5, 5.41) is 1.34. The standard InChI is InChI=1S/C26H24F2N4O3/c1-35-24-12-19-20(13-29-24)21(25(33)30-7-4-15(27)5-8-30)14-32(26(19)34)23-11-16(28)10-22-18(23)6-9-31(22)17-2-3-17/h6,9-15,17H,2-5,7-8H2,1H3. The van der Waals surface area contributed by atoms with Crippen molar-refractivity contribution >= 4 is 27.6 Å². The van der Waals surface area contributed by atoms with Crippen LogP contribution >= 0.6 is 0 Å². The summed E-state index contributed by atoms with van der Waals surface area (Å²) >= 11 is 0. The van der Waals surface area contributed by atoms with Crippen LogP contribution in [0.3, 0.4) is 0 Å². The molecule has 180 valence electrons. The third kappa shape index (κ3) is 3.66. The maximum atomic E-state index is 14.8. The van der Waals surface area contributed by atoms with Crippen molar-refractivity contribution in [1.82, 2.24) is 19.0 Å². The van der Waals surface area contributed by atoms with Crippen molar-refractivity contribution in [3.05, 3.63) is 64.6 Å². The number of halogens is 2. The fourth-order valence-electron chi connectivity index (χ4n) is 4.98. The van der Waals surface area contributed by atoms with Gasteiger partial charge in [-0.25, -0.2) is 13.8 Å². The van der Waals surface area contributed by atoms with Crippen LogP contribution in [-0.2, 0) is 0 Å². The second-order valence-electron chi connectivity index (χ2n) is 9.27. The highest BCUT2D eigenvalue weighted by atomic mass is 19.1. The molecule has 0 N–H and O–H groups in total. The average Bonchev–Trinajstić information content (AvgIpc) is 3.63. The fraction of sp³-hybridized carbons (Fsp3) is 0.346. The quantitative estimate of drug-likeness (QED) is 0.436. The molecular formula is C26H24F2N4O3. The van der Waals surface area contributed by atoms with Crippen LogP contribution in [0, 0.1) is 5.82 Å². The van der Waals surface area contributed by atoms with Crippen LogP contribution in [0.1, 0.15) is 42.1 Å². The van der Waals surface area contributed by atoms with Gasteiger partial charge >= 0.3 is 0 Å². The second-order valence-corrected chi connectivity index (χ2v) is 9.27. The van der Waals surface area contributed by atoms with Gasteiger partial charge in [-0.05, 0) is 43.9 Å². The molecule has 35 heavy (non-hydrogen) atoms. The molecule has 1 saturated heterocycles. The van der Waals surface area contributed by atoms with E-state index in [1.54, 1.807) is 4.90 Å². The van der Waals surface area contributed by atoms with Crippen molar-refractivity contribution in [2.75, 3.05) is 20.2 Å². The minimum absolute atomic E-state index is 0.230. The number of amides is 1. The molecular weight excluding hydrogens is 454 g/mol. The van der Waals surface area contributed by atoms with E-state index in [9.17, 15) is 18.4 Å². The number of hydrogen-bond donors (Lipinski definition) is 0. The number of aromatic nitrogens is 3. The number of benzene rings is 1. The molecule has 0 bridgehead atoms. The van der Waals surface area contributed by atoms with E-state index in [2.05, 4.69) is 4.98 Å². The van der Waals surface area contributed by atoms with Gasteiger partial charge in [0.25, 0.3) is 11.5 Å². The Morgan fingerprint density at radius 2 is 1.86 bits per heavy atom.